The van der Waals surface area contributed by atoms with Gasteiger partial charge in [0.2, 0.25) is 5.95 Å². The van der Waals surface area contributed by atoms with Crippen LogP contribution in [0.1, 0.15) is 39.7 Å². The van der Waals surface area contributed by atoms with Crippen LogP contribution in [0.15, 0.2) is 12.4 Å². The second kappa shape index (κ2) is 3.93. The van der Waals surface area contributed by atoms with Gasteiger partial charge in [-0.25, -0.2) is 14.4 Å². The second-order valence-electron chi connectivity index (χ2n) is 6.11. The van der Waals surface area contributed by atoms with Crippen LogP contribution >= 0.6 is 0 Å². The first kappa shape index (κ1) is 12.3. The topological polar surface area (TPSA) is 29.0 Å². The van der Waals surface area contributed by atoms with E-state index in [1.165, 1.54) is 0 Å². The van der Waals surface area contributed by atoms with Crippen molar-refractivity contribution in [3.63, 3.8) is 0 Å². The Morgan fingerprint density at radius 2 is 1.88 bits per heavy atom. The van der Waals surface area contributed by atoms with E-state index in [9.17, 15) is 4.39 Å². The fourth-order valence-electron chi connectivity index (χ4n) is 1.97. The molecule has 1 unspecified atom stereocenters. The molecule has 0 amide bonds. The highest BCUT2D eigenvalue weighted by molar-refractivity contribution is 5.34. The molecule has 17 heavy (non-hydrogen) atoms. The quantitative estimate of drug-likeness (QED) is 0.752. The maximum Gasteiger partial charge on any atom is 0.225 e. The summed E-state index contributed by atoms with van der Waals surface area (Å²) in [5.74, 6) is 0.638. The van der Waals surface area contributed by atoms with Crippen molar-refractivity contribution in [2.24, 2.45) is 0 Å². The van der Waals surface area contributed by atoms with E-state index in [1.54, 1.807) is 6.92 Å². The van der Waals surface area contributed by atoms with Crippen LogP contribution < -0.4 is 4.90 Å². The molecule has 1 aliphatic rings. The predicted molar refractivity (Wildman–Crippen MR) is 67.1 cm³/mol. The number of alkyl halides is 1. The monoisotopic (exact) mass is 237 g/mol. The summed E-state index contributed by atoms with van der Waals surface area (Å²) in [4.78, 5) is 10.6. The average Bonchev–Trinajstić information content (AvgIpc) is 2.58. The average molecular weight is 237 g/mol. The van der Waals surface area contributed by atoms with Crippen molar-refractivity contribution < 1.29 is 4.39 Å². The lowest BCUT2D eigenvalue weighted by Gasteiger charge is -2.20. The summed E-state index contributed by atoms with van der Waals surface area (Å²) >= 11 is 0. The van der Waals surface area contributed by atoms with Gasteiger partial charge in [0, 0.05) is 25.4 Å². The van der Waals surface area contributed by atoms with Crippen molar-refractivity contribution in [3.05, 3.63) is 18.0 Å². The summed E-state index contributed by atoms with van der Waals surface area (Å²) in [6.07, 6.45) is 4.24. The maximum absolute atomic E-state index is 13.7. The van der Waals surface area contributed by atoms with Gasteiger partial charge in [-0.3, -0.25) is 0 Å². The first-order chi connectivity index (χ1) is 7.78. The SMILES string of the molecule is CC1(F)CCN(c2ncc(C(C)(C)C)cn2)C1. The van der Waals surface area contributed by atoms with E-state index >= 15 is 0 Å². The molecular weight excluding hydrogens is 217 g/mol. The molecular formula is C13H20FN3. The number of anilines is 1. The first-order valence-electron chi connectivity index (χ1n) is 6.04. The van der Waals surface area contributed by atoms with Gasteiger partial charge in [-0.05, 0) is 17.9 Å². The van der Waals surface area contributed by atoms with Gasteiger partial charge >= 0.3 is 0 Å². The van der Waals surface area contributed by atoms with Crippen molar-refractivity contribution in [1.82, 2.24) is 9.97 Å². The van der Waals surface area contributed by atoms with Gasteiger partial charge in [0.15, 0.2) is 0 Å². The minimum atomic E-state index is -1.11. The Morgan fingerprint density at radius 1 is 1.29 bits per heavy atom. The van der Waals surface area contributed by atoms with Crippen LogP contribution in [0.2, 0.25) is 0 Å². The highest BCUT2D eigenvalue weighted by atomic mass is 19.1. The summed E-state index contributed by atoms with van der Waals surface area (Å²) in [5, 5.41) is 0. The van der Waals surface area contributed by atoms with Gasteiger partial charge in [0.25, 0.3) is 0 Å². The van der Waals surface area contributed by atoms with Gasteiger partial charge < -0.3 is 4.90 Å². The van der Waals surface area contributed by atoms with E-state index in [2.05, 4.69) is 30.7 Å². The molecule has 2 rings (SSSR count). The molecule has 1 fully saturated rings. The highest BCUT2D eigenvalue weighted by Gasteiger charge is 2.34. The summed E-state index contributed by atoms with van der Waals surface area (Å²) in [6, 6.07) is 0. The molecule has 0 aromatic carbocycles. The predicted octanol–water partition coefficient (Wildman–Crippen LogP) is 2.71. The van der Waals surface area contributed by atoms with Crippen molar-refractivity contribution in [2.45, 2.75) is 45.2 Å². The number of hydrogen-bond donors (Lipinski definition) is 0. The van der Waals surface area contributed by atoms with E-state index in [0.29, 0.717) is 25.5 Å². The lowest BCUT2D eigenvalue weighted by atomic mass is 9.89. The van der Waals surface area contributed by atoms with Crippen LogP contribution in [0.5, 0.6) is 0 Å². The Labute approximate surface area is 102 Å². The van der Waals surface area contributed by atoms with Crippen molar-refractivity contribution in [2.75, 3.05) is 18.0 Å². The summed E-state index contributed by atoms with van der Waals surface area (Å²) in [5.41, 5.74) is 0.0490. The Morgan fingerprint density at radius 3 is 2.29 bits per heavy atom. The van der Waals surface area contributed by atoms with Gasteiger partial charge in [-0.15, -0.1) is 0 Å². The molecule has 3 nitrogen and oxygen atoms in total. The van der Waals surface area contributed by atoms with E-state index in [4.69, 9.17) is 0 Å². The van der Waals surface area contributed by atoms with Crippen LogP contribution in [0, 0.1) is 0 Å². The zero-order valence-electron chi connectivity index (χ0n) is 11.0. The normalized spacial score (nSPS) is 25.4. The molecule has 1 aliphatic heterocycles. The zero-order valence-corrected chi connectivity index (χ0v) is 11.0. The van der Waals surface area contributed by atoms with E-state index in [-0.39, 0.29) is 5.41 Å². The highest BCUT2D eigenvalue weighted by Crippen LogP contribution is 2.28. The third kappa shape index (κ3) is 2.73. The number of hydrogen-bond acceptors (Lipinski definition) is 3. The molecule has 0 spiro atoms. The molecule has 1 aromatic rings. The third-order valence-electron chi connectivity index (χ3n) is 3.21. The molecule has 4 heteroatoms. The third-order valence-corrected chi connectivity index (χ3v) is 3.21. The zero-order chi connectivity index (χ0) is 12.7. The van der Waals surface area contributed by atoms with Crippen LogP contribution in [0.4, 0.5) is 10.3 Å². The molecule has 2 heterocycles. The Kier molecular flexibility index (Phi) is 2.84. The number of rotatable bonds is 1. The molecule has 0 saturated carbocycles. The van der Waals surface area contributed by atoms with Gasteiger partial charge in [0.05, 0.1) is 6.54 Å². The fourth-order valence-corrected chi connectivity index (χ4v) is 1.97. The number of nitrogens with zero attached hydrogens (tertiary/aromatic N) is 3. The lowest BCUT2D eigenvalue weighted by molar-refractivity contribution is 0.221. The molecule has 94 valence electrons. The Bertz CT molecular complexity index is 392. The molecule has 1 aromatic heterocycles. The van der Waals surface area contributed by atoms with Crippen molar-refractivity contribution >= 4 is 5.95 Å². The molecule has 1 atom stereocenters. The minimum Gasteiger partial charge on any atom is -0.338 e. The van der Waals surface area contributed by atoms with Crippen molar-refractivity contribution in [1.29, 1.82) is 0 Å². The molecule has 0 aliphatic carbocycles. The first-order valence-corrected chi connectivity index (χ1v) is 6.04. The smallest absolute Gasteiger partial charge is 0.225 e. The van der Waals surface area contributed by atoms with E-state index in [0.717, 1.165) is 5.56 Å². The summed E-state index contributed by atoms with van der Waals surface area (Å²) in [7, 11) is 0. The second-order valence-corrected chi connectivity index (χ2v) is 6.11. The van der Waals surface area contributed by atoms with E-state index in [1.807, 2.05) is 17.3 Å². The number of halogens is 1. The van der Waals surface area contributed by atoms with Crippen molar-refractivity contribution in [3.8, 4) is 0 Å². The summed E-state index contributed by atoms with van der Waals surface area (Å²) < 4.78 is 13.7. The molecule has 0 N–H and O–H groups in total. The van der Waals surface area contributed by atoms with E-state index < -0.39 is 5.67 Å². The van der Waals surface area contributed by atoms with Gasteiger partial charge in [-0.2, -0.15) is 0 Å². The standard InChI is InChI=1S/C13H20FN3/c1-12(2,3)10-7-15-11(16-8-10)17-6-5-13(4,14)9-17/h7-8H,5-6,9H2,1-4H3. The van der Waals surface area contributed by atoms with Crippen LogP contribution in [0.3, 0.4) is 0 Å². The molecule has 1 saturated heterocycles. The fraction of sp³-hybridized carbons (Fsp3) is 0.692. The van der Waals surface area contributed by atoms with Crippen LogP contribution in [0.25, 0.3) is 0 Å². The lowest BCUT2D eigenvalue weighted by Crippen LogP contribution is -2.27. The summed E-state index contributed by atoms with van der Waals surface area (Å²) in [6.45, 7) is 9.10. The number of aromatic nitrogens is 2. The molecule has 0 bridgehead atoms. The van der Waals surface area contributed by atoms with Gasteiger partial charge in [-0.1, -0.05) is 20.8 Å². The van der Waals surface area contributed by atoms with Crippen LogP contribution in [-0.2, 0) is 5.41 Å². The Balaban J connectivity index is 2.14. The van der Waals surface area contributed by atoms with Crippen LogP contribution in [-0.4, -0.2) is 28.7 Å². The largest absolute Gasteiger partial charge is 0.338 e. The van der Waals surface area contributed by atoms with Gasteiger partial charge in [0.1, 0.15) is 5.67 Å². The molecule has 0 radical (unpaired) electrons. The minimum absolute atomic E-state index is 0.0537. The maximum atomic E-state index is 13.7. The Hall–Kier alpha value is -1.19.